The van der Waals surface area contributed by atoms with Crippen LogP contribution in [0.3, 0.4) is 0 Å². The van der Waals surface area contributed by atoms with E-state index in [1.54, 1.807) is 19.1 Å². The number of carbonyl (C=O) groups excluding carboxylic acids is 3. The maximum absolute atomic E-state index is 13.8. The molecule has 0 spiro atoms. The summed E-state index contributed by atoms with van der Waals surface area (Å²) in [6.45, 7) is 22.4. The number of hydrogen-bond acceptors (Lipinski definition) is 8. The van der Waals surface area contributed by atoms with E-state index in [0.717, 1.165) is 58.7 Å². The molecule has 8 bridgehead atoms. The van der Waals surface area contributed by atoms with Gasteiger partial charge in [0, 0.05) is 58.1 Å². The van der Waals surface area contributed by atoms with Gasteiger partial charge in [-0.3, -0.25) is 24.4 Å². The number of aromatic amines is 2. The quantitative estimate of drug-likeness (QED) is 0.0527. The number of aliphatic hydroxyl groups is 2. The van der Waals surface area contributed by atoms with Crippen LogP contribution in [-0.4, -0.2) is 54.3 Å². The van der Waals surface area contributed by atoms with Crippen LogP contribution in [0.1, 0.15) is 211 Å². The molecule has 0 saturated heterocycles. The molecule has 10 heteroatoms. The largest absolute Gasteiger partial charge is 0.461 e. The zero-order valence-corrected chi connectivity index (χ0v) is 40.0. The van der Waals surface area contributed by atoms with Gasteiger partial charge in [-0.25, -0.2) is 0 Å². The second-order valence-corrected chi connectivity index (χ2v) is 20.0. The molecule has 3 aliphatic rings. The molecule has 63 heavy (non-hydrogen) atoms. The van der Waals surface area contributed by atoms with Gasteiger partial charge < -0.3 is 24.9 Å². The van der Waals surface area contributed by atoms with E-state index in [1.807, 2.05) is 26.0 Å². The van der Waals surface area contributed by atoms with Gasteiger partial charge in [0.05, 0.1) is 28.1 Å². The molecule has 6 atom stereocenters. The highest BCUT2D eigenvalue weighted by Crippen LogP contribution is 2.48. The van der Waals surface area contributed by atoms with Crippen LogP contribution < -0.4 is 0 Å². The van der Waals surface area contributed by atoms with Gasteiger partial charge in [-0.15, -0.1) is 0 Å². The first-order valence-corrected chi connectivity index (χ1v) is 23.8. The summed E-state index contributed by atoms with van der Waals surface area (Å²) in [5, 5.41) is 23.9. The second kappa shape index (κ2) is 19.8. The third-order valence-electron chi connectivity index (χ3n) is 14.7. The molecule has 5 heterocycles. The summed E-state index contributed by atoms with van der Waals surface area (Å²) in [5.41, 5.74) is 5.45. The van der Waals surface area contributed by atoms with E-state index in [2.05, 4.69) is 51.5 Å². The van der Waals surface area contributed by atoms with Gasteiger partial charge in [0.15, 0.2) is 11.6 Å². The molecular formula is C53H74N4O6. The van der Waals surface area contributed by atoms with Gasteiger partial charge in [0.25, 0.3) is 0 Å². The average Bonchev–Trinajstić information content (AvgIpc) is 3.95. The van der Waals surface area contributed by atoms with Crippen molar-refractivity contribution in [2.45, 2.75) is 183 Å². The third kappa shape index (κ3) is 10.1. The molecule has 2 aliphatic heterocycles. The van der Waals surface area contributed by atoms with Crippen molar-refractivity contribution in [1.29, 1.82) is 0 Å². The monoisotopic (exact) mass is 863 g/mol. The second-order valence-electron chi connectivity index (χ2n) is 20.0. The Hall–Kier alpha value is -4.41. The standard InChI is InChI=1S/C53H74N4O6/c1-12-53(62)46-28-42-36(9)49-44(59)26-39(51(49)56-42)50-38(34(7)40(55-50)27-41-35(8)48(37(10)58)43(54-41)29-45(57-46)52(53,11)61)22-23-47(60)63-25-24-33(6)21-15-20-32(5)19-14-18-31(4)17-13-16-30(2)3/h24,27-32,34,38,54,56,61-62H,12-23,25-26H2,1-11H3/b33-24+,40-27?,41-27?,42-28?,43-29?,45-29?,46-28?,50-39?/t31-,32-,34+,38+,52?,53?/m1/s1. The Labute approximate surface area is 375 Å². The molecule has 4 N–H and O–H groups in total. The summed E-state index contributed by atoms with van der Waals surface area (Å²) in [5.74, 6) is 1.58. The lowest BCUT2D eigenvalue weighted by Gasteiger charge is -2.34. The molecule has 0 amide bonds. The molecule has 1 aliphatic carbocycles. The number of nitrogens with one attached hydrogen (secondary N) is 2. The molecule has 6 rings (SSSR count). The van der Waals surface area contributed by atoms with E-state index in [1.165, 1.54) is 64.4 Å². The summed E-state index contributed by atoms with van der Waals surface area (Å²) < 4.78 is 5.76. The molecule has 0 radical (unpaired) electrons. The average molecular weight is 863 g/mol. The molecular weight excluding hydrogens is 789 g/mol. The number of hydrogen-bond donors (Lipinski definition) is 4. The number of allylic oxidation sites excluding steroid dienone is 1. The van der Waals surface area contributed by atoms with Crippen LogP contribution in [0.15, 0.2) is 29.8 Å². The highest BCUT2D eigenvalue weighted by Gasteiger charge is 2.53. The predicted molar refractivity (Wildman–Crippen MR) is 252 cm³/mol. The fourth-order valence-electron chi connectivity index (χ4n) is 10.3. The van der Waals surface area contributed by atoms with E-state index < -0.39 is 11.2 Å². The molecule has 0 saturated carbocycles. The number of esters is 1. The summed E-state index contributed by atoms with van der Waals surface area (Å²) >= 11 is 0. The first-order chi connectivity index (χ1) is 29.8. The van der Waals surface area contributed by atoms with Crippen molar-refractivity contribution in [3.63, 3.8) is 0 Å². The van der Waals surface area contributed by atoms with E-state index in [-0.39, 0.29) is 66.6 Å². The Bertz CT molecular complexity index is 2400. The molecule has 3 aromatic rings. The molecule has 2 unspecified atom stereocenters. The van der Waals surface area contributed by atoms with Crippen molar-refractivity contribution in [1.82, 2.24) is 19.9 Å². The Morgan fingerprint density at radius 2 is 1.51 bits per heavy atom. The van der Waals surface area contributed by atoms with Crippen LogP contribution in [0, 0.1) is 31.6 Å². The predicted octanol–water partition coefficient (Wildman–Crippen LogP) is 12.0. The fourth-order valence-corrected chi connectivity index (χ4v) is 10.3. The number of H-pyrrole nitrogens is 2. The zero-order valence-electron chi connectivity index (χ0n) is 40.0. The SMILES string of the molecule is CCC1(O)c2cc3[nH]c4c(c5nc(cc6[nH]c(cc(n2)C1(C)O)c(C(C)=O)c6C)[C@@H](C)[C@@H]5CCC(=O)OC/C=C(\C)CCC[C@H](C)CCC[C@H](C)CCCC(C)C)CC(=O)c4c3C. The highest BCUT2D eigenvalue weighted by molar-refractivity contribution is 6.13. The number of aromatic nitrogens is 4. The maximum atomic E-state index is 13.8. The lowest BCUT2D eigenvalue weighted by Crippen LogP contribution is -2.43. The molecule has 0 fully saturated rings. The van der Waals surface area contributed by atoms with Crippen molar-refractivity contribution >= 4 is 39.6 Å². The van der Waals surface area contributed by atoms with Crippen molar-refractivity contribution in [3.05, 3.63) is 80.4 Å². The van der Waals surface area contributed by atoms with Crippen molar-refractivity contribution < 1.29 is 29.3 Å². The van der Waals surface area contributed by atoms with Gasteiger partial charge in [-0.2, -0.15) is 0 Å². The van der Waals surface area contributed by atoms with Crippen LogP contribution in [0.5, 0.6) is 0 Å². The third-order valence-corrected chi connectivity index (χ3v) is 14.7. The number of aryl methyl sites for hydroxylation is 2. The molecule has 10 nitrogen and oxygen atoms in total. The van der Waals surface area contributed by atoms with E-state index in [0.29, 0.717) is 39.6 Å². The van der Waals surface area contributed by atoms with E-state index in [4.69, 9.17) is 14.7 Å². The number of ketones is 2. The van der Waals surface area contributed by atoms with Crippen LogP contribution in [0.4, 0.5) is 0 Å². The van der Waals surface area contributed by atoms with Crippen LogP contribution >= 0.6 is 0 Å². The van der Waals surface area contributed by atoms with Crippen molar-refractivity contribution in [2.75, 3.05) is 6.61 Å². The number of Topliss-reactive ketones (excluding diaryl/α,β-unsaturated/α-hetero) is 2. The zero-order chi connectivity index (χ0) is 46.0. The fraction of sp³-hybridized carbons (Fsp3) is 0.604. The highest BCUT2D eigenvalue weighted by atomic mass is 16.5. The van der Waals surface area contributed by atoms with Gasteiger partial charge in [-0.1, -0.05) is 92.1 Å². The molecule has 3 aromatic heterocycles. The number of ether oxygens (including phenoxy) is 1. The van der Waals surface area contributed by atoms with E-state index in [9.17, 15) is 24.6 Å². The number of fused-ring (bicyclic) bond motifs is 8. The van der Waals surface area contributed by atoms with Gasteiger partial charge in [0.2, 0.25) is 0 Å². The molecule has 0 aromatic carbocycles. The lowest BCUT2D eigenvalue weighted by molar-refractivity contribution is -0.148. The minimum absolute atomic E-state index is 0.0303. The minimum atomic E-state index is -1.78. The smallest absolute Gasteiger partial charge is 0.306 e. The number of carbonyl (C=O) groups is 3. The normalized spacial score (nSPS) is 21.9. The Balaban J connectivity index is 1.20. The first-order valence-electron chi connectivity index (χ1n) is 23.8. The number of rotatable bonds is 19. The van der Waals surface area contributed by atoms with Gasteiger partial charge in [0.1, 0.15) is 17.8 Å². The first kappa shape index (κ1) is 48.1. The topological polar surface area (TPSA) is 158 Å². The Kier molecular flexibility index (Phi) is 15.1. The Morgan fingerprint density at radius 3 is 2.16 bits per heavy atom. The van der Waals surface area contributed by atoms with E-state index >= 15 is 0 Å². The summed E-state index contributed by atoms with van der Waals surface area (Å²) in [7, 11) is 0. The maximum Gasteiger partial charge on any atom is 0.306 e. The molecule has 342 valence electrons. The van der Waals surface area contributed by atoms with Crippen molar-refractivity contribution in [3.8, 4) is 0 Å². The summed E-state index contributed by atoms with van der Waals surface area (Å²) in [6, 6.07) is 5.31. The minimum Gasteiger partial charge on any atom is -0.461 e. The van der Waals surface area contributed by atoms with Crippen LogP contribution in [0.2, 0.25) is 0 Å². The van der Waals surface area contributed by atoms with Crippen molar-refractivity contribution in [2.24, 2.45) is 17.8 Å². The van der Waals surface area contributed by atoms with Crippen LogP contribution in [-0.2, 0) is 27.2 Å². The van der Waals surface area contributed by atoms with Crippen LogP contribution in [0.25, 0.3) is 22.1 Å². The summed E-state index contributed by atoms with van der Waals surface area (Å²) in [6.07, 6.45) is 14.3. The lowest BCUT2D eigenvalue weighted by atomic mass is 9.80. The summed E-state index contributed by atoms with van der Waals surface area (Å²) in [4.78, 5) is 57.2. The van der Waals surface area contributed by atoms with Gasteiger partial charge in [-0.05, 0) is 113 Å². The number of nitrogens with zero attached hydrogens (tertiary/aromatic N) is 2. The Morgan fingerprint density at radius 1 is 0.873 bits per heavy atom. The van der Waals surface area contributed by atoms with Gasteiger partial charge >= 0.3 is 5.97 Å².